The Morgan fingerprint density at radius 3 is 2.41 bits per heavy atom. The molecule has 0 radical (unpaired) electrons. The van der Waals surface area contributed by atoms with Gasteiger partial charge >= 0.3 is 5.97 Å². The van der Waals surface area contributed by atoms with Crippen molar-refractivity contribution in [2.45, 2.75) is 32.9 Å². The average Bonchev–Trinajstić information content (AvgIpc) is 3.08. The van der Waals surface area contributed by atoms with Crippen LogP contribution in [0.3, 0.4) is 0 Å². The van der Waals surface area contributed by atoms with Gasteiger partial charge in [0.1, 0.15) is 0 Å². The fraction of sp³-hybridized carbons (Fsp3) is 0.348. The molecule has 3 rings (SSSR count). The summed E-state index contributed by atoms with van der Waals surface area (Å²) in [4.78, 5) is 38.5. The third kappa shape index (κ3) is 5.02. The van der Waals surface area contributed by atoms with Crippen LogP contribution < -0.4 is 5.32 Å². The third-order valence-electron chi connectivity index (χ3n) is 5.43. The maximum atomic E-state index is 12.9. The summed E-state index contributed by atoms with van der Waals surface area (Å²) in [5, 5.41) is 12.3. The summed E-state index contributed by atoms with van der Waals surface area (Å²) in [5.74, 6) is -2.61. The highest BCUT2D eigenvalue weighted by Gasteiger charge is 2.36. The van der Waals surface area contributed by atoms with Crippen LogP contribution in [0.25, 0.3) is 0 Å². The number of carbonyl (C=O) groups is 3. The highest BCUT2D eigenvalue weighted by Crippen LogP contribution is 2.25. The highest BCUT2D eigenvalue weighted by atomic mass is 16.4. The predicted molar refractivity (Wildman–Crippen MR) is 109 cm³/mol. The number of carboxylic acids is 1. The molecule has 6 nitrogen and oxygen atoms in total. The highest BCUT2D eigenvalue weighted by molar-refractivity contribution is 5.89. The molecular weight excluding hydrogens is 368 g/mol. The summed E-state index contributed by atoms with van der Waals surface area (Å²) in [5.41, 5.74) is 2.90. The zero-order chi connectivity index (χ0) is 21.0. The number of hydrogen-bond donors (Lipinski definition) is 2. The summed E-state index contributed by atoms with van der Waals surface area (Å²) in [6, 6.07) is 16.4. The van der Waals surface area contributed by atoms with Crippen molar-refractivity contribution < 1.29 is 19.5 Å². The Labute approximate surface area is 170 Å². The zero-order valence-corrected chi connectivity index (χ0v) is 16.7. The van der Waals surface area contributed by atoms with E-state index in [4.69, 9.17) is 0 Å². The van der Waals surface area contributed by atoms with Gasteiger partial charge in [0, 0.05) is 19.5 Å². The van der Waals surface area contributed by atoms with Crippen molar-refractivity contribution in [3.63, 3.8) is 0 Å². The van der Waals surface area contributed by atoms with Gasteiger partial charge in [-0.15, -0.1) is 0 Å². The van der Waals surface area contributed by atoms with Crippen LogP contribution >= 0.6 is 0 Å². The molecule has 152 valence electrons. The molecule has 0 spiro atoms. The van der Waals surface area contributed by atoms with Gasteiger partial charge in [-0.2, -0.15) is 0 Å². The van der Waals surface area contributed by atoms with Gasteiger partial charge < -0.3 is 15.3 Å². The molecule has 0 aromatic heterocycles. The second-order valence-corrected chi connectivity index (χ2v) is 7.68. The van der Waals surface area contributed by atoms with Crippen molar-refractivity contribution >= 4 is 17.8 Å². The fourth-order valence-corrected chi connectivity index (χ4v) is 3.59. The Kier molecular flexibility index (Phi) is 6.32. The Balaban J connectivity index is 1.68. The number of nitrogens with zero attached hydrogens (tertiary/aromatic N) is 1. The van der Waals surface area contributed by atoms with Gasteiger partial charge in [0.05, 0.1) is 17.9 Å². The largest absolute Gasteiger partial charge is 0.481 e. The van der Waals surface area contributed by atoms with Crippen molar-refractivity contribution in [3.8, 4) is 0 Å². The minimum absolute atomic E-state index is 0.0618. The smallest absolute Gasteiger partial charge is 0.308 e. The molecule has 3 atom stereocenters. The maximum absolute atomic E-state index is 12.9. The lowest BCUT2D eigenvalue weighted by Gasteiger charge is -2.24. The number of nitrogens with one attached hydrogen (secondary N) is 1. The van der Waals surface area contributed by atoms with Crippen LogP contribution in [0.5, 0.6) is 0 Å². The minimum Gasteiger partial charge on any atom is -0.481 e. The minimum atomic E-state index is -0.984. The van der Waals surface area contributed by atoms with Crippen LogP contribution in [-0.4, -0.2) is 34.3 Å². The molecule has 29 heavy (non-hydrogen) atoms. The molecule has 1 saturated heterocycles. The van der Waals surface area contributed by atoms with Crippen LogP contribution in [0.2, 0.25) is 0 Å². The number of carbonyl (C=O) groups excluding carboxylic acids is 2. The Morgan fingerprint density at radius 2 is 1.79 bits per heavy atom. The summed E-state index contributed by atoms with van der Waals surface area (Å²) < 4.78 is 0. The SMILES string of the molecule is Cc1ccc(CN2CC(C(=O)NC(c3ccccc3)C(C)C(=O)O)CC2=O)cc1. The summed E-state index contributed by atoms with van der Waals surface area (Å²) in [7, 11) is 0. The zero-order valence-electron chi connectivity index (χ0n) is 16.7. The lowest BCUT2D eigenvalue weighted by Crippen LogP contribution is -2.39. The third-order valence-corrected chi connectivity index (χ3v) is 5.43. The second kappa shape index (κ2) is 8.90. The van der Waals surface area contributed by atoms with E-state index >= 15 is 0 Å². The molecule has 0 aliphatic carbocycles. The number of amides is 2. The van der Waals surface area contributed by atoms with E-state index in [1.807, 2.05) is 49.4 Å². The lowest BCUT2D eigenvalue weighted by atomic mass is 9.93. The van der Waals surface area contributed by atoms with Gasteiger partial charge in [0.2, 0.25) is 11.8 Å². The number of carboxylic acid groups (broad SMARTS) is 1. The van der Waals surface area contributed by atoms with Gasteiger partial charge in [-0.1, -0.05) is 60.2 Å². The van der Waals surface area contributed by atoms with Gasteiger partial charge in [0.25, 0.3) is 0 Å². The molecular formula is C23H26N2O4. The van der Waals surface area contributed by atoms with E-state index < -0.39 is 23.8 Å². The molecule has 2 aromatic rings. The molecule has 2 aromatic carbocycles. The Hall–Kier alpha value is -3.15. The van der Waals surface area contributed by atoms with E-state index in [1.54, 1.807) is 24.0 Å². The van der Waals surface area contributed by atoms with Crippen molar-refractivity contribution in [2.75, 3.05) is 6.54 Å². The fourth-order valence-electron chi connectivity index (χ4n) is 3.59. The van der Waals surface area contributed by atoms with E-state index in [-0.39, 0.29) is 18.2 Å². The molecule has 3 unspecified atom stereocenters. The molecule has 1 heterocycles. The first-order valence-electron chi connectivity index (χ1n) is 9.76. The van der Waals surface area contributed by atoms with Gasteiger partial charge in [-0.05, 0) is 25.0 Å². The quantitative estimate of drug-likeness (QED) is 0.756. The molecule has 0 bridgehead atoms. The van der Waals surface area contributed by atoms with E-state index in [2.05, 4.69) is 5.32 Å². The van der Waals surface area contributed by atoms with Gasteiger partial charge in [-0.3, -0.25) is 14.4 Å². The maximum Gasteiger partial charge on any atom is 0.308 e. The number of likely N-dealkylation sites (tertiary alicyclic amines) is 1. The summed E-state index contributed by atoms with van der Waals surface area (Å²) in [6.45, 7) is 4.38. The first kappa shape index (κ1) is 20.6. The number of aliphatic carboxylic acids is 1. The molecule has 1 aliphatic heterocycles. The molecule has 0 saturated carbocycles. The van der Waals surface area contributed by atoms with Crippen molar-refractivity contribution in [2.24, 2.45) is 11.8 Å². The molecule has 2 N–H and O–H groups in total. The topological polar surface area (TPSA) is 86.7 Å². The monoisotopic (exact) mass is 394 g/mol. The number of hydrogen-bond acceptors (Lipinski definition) is 3. The Bertz CT molecular complexity index is 880. The molecule has 6 heteroatoms. The van der Waals surface area contributed by atoms with Crippen molar-refractivity contribution in [1.82, 2.24) is 10.2 Å². The van der Waals surface area contributed by atoms with E-state index in [0.29, 0.717) is 13.1 Å². The van der Waals surface area contributed by atoms with Gasteiger partial charge in [-0.25, -0.2) is 0 Å². The van der Waals surface area contributed by atoms with E-state index in [9.17, 15) is 19.5 Å². The normalized spacial score (nSPS) is 18.3. The summed E-state index contributed by atoms with van der Waals surface area (Å²) in [6.07, 6.45) is 0.140. The number of benzene rings is 2. The van der Waals surface area contributed by atoms with Crippen LogP contribution in [-0.2, 0) is 20.9 Å². The summed E-state index contributed by atoms with van der Waals surface area (Å²) >= 11 is 0. The lowest BCUT2D eigenvalue weighted by molar-refractivity contribution is -0.142. The van der Waals surface area contributed by atoms with Crippen LogP contribution in [0.1, 0.15) is 36.1 Å². The van der Waals surface area contributed by atoms with Crippen LogP contribution in [0.15, 0.2) is 54.6 Å². The second-order valence-electron chi connectivity index (χ2n) is 7.68. The average molecular weight is 394 g/mol. The van der Waals surface area contributed by atoms with E-state index in [0.717, 1.165) is 16.7 Å². The standard InChI is InChI=1S/C23H26N2O4/c1-15-8-10-17(11-9-15)13-25-14-19(12-20(25)26)22(27)24-21(16(2)23(28)29)18-6-4-3-5-7-18/h3-11,16,19,21H,12-14H2,1-2H3,(H,24,27)(H,28,29). The number of rotatable bonds is 7. The Morgan fingerprint density at radius 1 is 1.14 bits per heavy atom. The molecule has 1 fully saturated rings. The molecule has 1 aliphatic rings. The van der Waals surface area contributed by atoms with Gasteiger partial charge in [0.15, 0.2) is 0 Å². The van der Waals surface area contributed by atoms with Crippen molar-refractivity contribution in [3.05, 3.63) is 71.3 Å². The van der Waals surface area contributed by atoms with Crippen molar-refractivity contribution in [1.29, 1.82) is 0 Å². The first-order valence-corrected chi connectivity index (χ1v) is 9.76. The van der Waals surface area contributed by atoms with Crippen LogP contribution in [0, 0.1) is 18.8 Å². The van der Waals surface area contributed by atoms with Crippen LogP contribution in [0.4, 0.5) is 0 Å². The van der Waals surface area contributed by atoms with E-state index in [1.165, 1.54) is 0 Å². The predicted octanol–water partition coefficient (Wildman–Crippen LogP) is 2.92. The molecule has 2 amide bonds. The first-order chi connectivity index (χ1) is 13.8. The number of aryl methyl sites for hydroxylation is 1.